The van der Waals surface area contributed by atoms with Crippen molar-refractivity contribution in [2.24, 2.45) is 28.3 Å². The standard InChI is InChI=1S/C36H48BN3O5/c1-24(2)18-31(37-43-30-20-27-19-29(34(27,3)4)35(30,5)44-37)39-33(42)36(21-26-14-10-7-11-15-26)22-28(40-45-36)23-38-32(41)17-16-25-12-8-6-9-13-25/h6-15,24,27,29-31H,16-23H2,1-5H3,(H,38,41)(H,39,42)/t27-,29-,30+,31-,35-,36?/m0/s1. The fourth-order valence-electron chi connectivity index (χ4n) is 8.17. The molecule has 0 spiro atoms. The average Bonchev–Trinajstić information content (AvgIpc) is 3.60. The van der Waals surface area contributed by atoms with Gasteiger partial charge in [-0.2, -0.15) is 0 Å². The molecular formula is C36H48BN3O5. The summed E-state index contributed by atoms with van der Waals surface area (Å²) in [5.74, 6) is 0.777. The maximum absolute atomic E-state index is 14.3. The van der Waals surface area contributed by atoms with Gasteiger partial charge in [0.1, 0.15) is 0 Å². The first-order chi connectivity index (χ1) is 21.5. The normalized spacial score (nSPS) is 30.1. The van der Waals surface area contributed by atoms with Crippen LogP contribution in [0.15, 0.2) is 65.8 Å². The molecule has 7 rings (SSSR count). The Bertz CT molecular complexity index is 1400. The zero-order chi connectivity index (χ0) is 31.8. The van der Waals surface area contributed by atoms with Gasteiger partial charge < -0.3 is 24.8 Å². The van der Waals surface area contributed by atoms with E-state index in [2.05, 4.69) is 50.4 Å². The minimum absolute atomic E-state index is 0.0345. The molecule has 0 radical (unpaired) electrons. The second-order valence-corrected chi connectivity index (χ2v) is 14.9. The number of nitrogens with zero attached hydrogens (tertiary/aromatic N) is 1. The van der Waals surface area contributed by atoms with Crippen molar-refractivity contribution in [2.45, 2.75) is 103 Å². The Morgan fingerprint density at radius 3 is 2.36 bits per heavy atom. The minimum Gasteiger partial charge on any atom is -0.404 e. The van der Waals surface area contributed by atoms with Crippen LogP contribution in [0.4, 0.5) is 0 Å². The van der Waals surface area contributed by atoms with Crippen LogP contribution in [0.3, 0.4) is 0 Å². The van der Waals surface area contributed by atoms with Crippen LogP contribution in [0.5, 0.6) is 0 Å². The van der Waals surface area contributed by atoms with Gasteiger partial charge in [0.2, 0.25) is 11.5 Å². The molecule has 2 N–H and O–H groups in total. The number of rotatable bonds is 12. The zero-order valence-corrected chi connectivity index (χ0v) is 27.4. The third-order valence-corrected chi connectivity index (χ3v) is 10.9. The van der Waals surface area contributed by atoms with Gasteiger partial charge in [0.25, 0.3) is 5.91 Å². The molecule has 5 aliphatic rings. The van der Waals surface area contributed by atoms with Crippen molar-refractivity contribution in [3.8, 4) is 0 Å². The summed E-state index contributed by atoms with van der Waals surface area (Å²) in [4.78, 5) is 33.0. The van der Waals surface area contributed by atoms with E-state index in [9.17, 15) is 9.59 Å². The molecule has 2 aromatic carbocycles. The van der Waals surface area contributed by atoms with Crippen LogP contribution < -0.4 is 10.6 Å². The molecule has 1 unspecified atom stereocenters. The highest BCUT2D eigenvalue weighted by Crippen LogP contribution is 2.65. The van der Waals surface area contributed by atoms with Gasteiger partial charge in [0.15, 0.2) is 0 Å². The summed E-state index contributed by atoms with van der Waals surface area (Å²) in [5, 5.41) is 10.6. The van der Waals surface area contributed by atoms with E-state index in [0.717, 1.165) is 17.5 Å². The van der Waals surface area contributed by atoms with Gasteiger partial charge in [-0.15, -0.1) is 0 Å². The third-order valence-electron chi connectivity index (χ3n) is 10.9. The van der Waals surface area contributed by atoms with Crippen LogP contribution >= 0.6 is 0 Å². The maximum Gasteiger partial charge on any atom is 0.481 e. The first kappa shape index (κ1) is 31.8. The van der Waals surface area contributed by atoms with Gasteiger partial charge in [-0.3, -0.25) is 9.59 Å². The number of aryl methyl sites for hydroxylation is 1. The molecule has 240 valence electrons. The van der Waals surface area contributed by atoms with Crippen LogP contribution in [0.2, 0.25) is 0 Å². The number of carbonyl (C=O) groups excluding carboxylic acids is 2. The Morgan fingerprint density at radius 1 is 1.00 bits per heavy atom. The van der Waals surface area contributed by atoms with Crippen LogP contribution in [0, 0.1) is 23.2 Å². The second kappa shape index (κ2) is 12.6. The lowest BCUT2D eigenvalue weighted by molar-refractivity contribution is -0.199. The Hall–Kier alpha value is -3.17. The molecule has 45 heavy (non-hydrogen) atoms. The Kier molecular flexibility index (Phi) is 8.87. The second-order valence-electron chi connectivity index (χ2n) is 14.9. The van der Waals surface area contributed by atoms with E-state index in [4.69, 9.17) is 14.1 Å². The Morgan fingerprint density at radius 2 is 1.69 bits per heavy atom. The van der Waals surface area contributed by atoms with E-state index in [1.165, 1.54) is 6.42 Å². The lowest BCUT2D eigenvalue weighted by atomic mass is 9.43. The first-order valence-corrected chi connectivity index (χ1v) is 16.7. The average molecular weight is 614 g/mol. The summed E-state index contributed by atoms with van der Waals surface area (Å²) in [6, 6.07) is 19.8. The van der Waals surface area contributed by atoms with Crippen LogP contribution in [0.1, 0.15) is 77.8 Å². The summed E-state index contributed by atoms with van der Waals surface area (Å²) in [5.41, 5.74) is 1.38. The largest absolute Gasteiger partial charge is 0.481 e. The SMILES string of the molecule is CC(C)C[C@H](NC(=O)C1(Cc2ccccc2)CC(CNC(=O)CCc2ccccc2)=NO1)B1O[C@@H]2C[C@@H]3C[C@@H](C3(C)C)[C@]2(C)O1. The van der Waals surface area contributed by atoms with Crippen molar-refractivity contribution in [1.82, 2.24) is 10.6 Å². The molecule has 0 aromatic heterocycles. The lowest BCUT2D eigenvalue weighted by Crippen LogP contribution is -2.65. The molecule has 2 bridgehead atoms. The predicted molar refractivity (Wildman–Crippen MR) is 175 cm³/mol. The molecule has 9 heteroatoms. The fraction of sp³-hybridized carbons (Fsp3) is 0.583. The number of carbonyl (C=O) groups is 2. The van der Waals surface area contributed by atoms with E-state index in [-0.39, 0.29) is 47.8 Å². The van der Waals surface area contributed by atoms with Crippen molar-refractivity contribution in [1.29, 1.82) is 0 Å². The number of hydrogen-bond acceptors (Lipinski definition) is 6. The van der Waals surface area contributed by atoms with Gasteiger partial charge in [-0.25, -0.2) is 0 Å². The molecule has 3 aliphatic carbocycles. The molecule has 2 heterocycles. The maximum atomic E-state index is 14.3. The summed E-state index contributed by atoms with van der Waals surface area (Å²) in [6.45, 7) is 11.4. The third kappa shape index (κ3) is 6.43. The van der Waals surface area contributed by atoms with Gasteiger partial charge >= 0.3 is 7.12 Å². The molecule has 4 fully saturated rings. The quantitative estimate of drug-likeness (QED) is 0.317. The summed E-state index contributed by atoms with van der Waals surface area (Å²) in [7, 11) is -0.527. The topological polar surface area (TPSA) is 98.3 Å². The molecule has 2 amide bonds. The van der Waals surface area contributed by atoms with E-state index in [1.54, 1.807) is 0 Å². The molecule has 2 aromatic rings. The van der Waals surface area contributed by atoms with Crippen molar-refractivity contribution >= 4 is 24.6 Å². The van der Waals surface area contributed by atoms with Gasteiger partial charge in [-0.1, -0.05) is 93.5 Å². The summed E-state index contributed by atoms with van der Waals surface area (Å²) in [6.07, 6.45) is 4.60. The van der Waals surface area contributed by atoms with Crippen LogP contribution in [0.25, 0.3) is 0 Å². The molecular weight excluding hydrogens is 565 g/mol. The highest BCUT2D eigenvalue weighted by molar-refractivity contribution is 6.48. The van der Waals surface area contributed by atoms with Crippen molar-refractivity contribution < 1.29 is 23.7 Å². The van der Waals surface area contributed by atoms with Crippen LogP contribution in [-0.4, -0.2) is 54.4 Å². The Balaban J connectivity index is 1.13. The van der Waals surface area contributed by atoms with Gasteiger partial charge in [-0.05, 0) is 66.9 Å². The molecule has 2 aliphatic heterocycles. The monoisotopic (exact) mass is 613 g/mol. The van der Waals surface area contributed by atoms with E-state index in [1.807, 2.05) is 60.7 Å². The van der Waals surface area contributed by atoms with Gasteiger partial charge in [0, 0.05) is 19.3 Å². The Labute approximate surface area is 268 Å². The number of nitrogens with one attached hydrogen (secondary N) is 2. The molecule has 3 saturated carbocycles. The molecule has 8 nitrogen and oxygen atoms in total. The number of hydrogen-bond donors (Lipinski definition) is 2. The van der Waals surface area contributed by atoms with Crippen molar-refractivity contribution in [3.05, 3.63) is 71.8 Å². The lowest BCUT2D eigenvalue weighted by Gasteiger charge is -2.64. The number of oxime groups is 1. The highest BCUT2D eigenvalue weighted by Gasteiger charge is 2.68. The summed E-state index contributed by atoms with van der Waals surface area (Å²) >= 11 is 0. The van der Waals surface area contributed by atoms with E-state index < -0.39 is 12.7 Å². The molecule has 6 atom stereocenters. The highest BCUT2D eigenvalue weighted by atomic mass is 16.7. The van der Waals surface area contributed by atoms with Crippen LogP contribution in [-0.2, 0) is 36.6 Å². The fourth-order valence-corrected chi connectivity index (χ4v) is 8.17. The molecule has 1 saturated heterocycles. The van der Waals surface area contributed by atoms with Crippen molar-refractivity contribution in [3.63, 3.8) is 0 Å². The predicted octanol–water partition coefficient (Wildman–Crippen LogP) is 5.29. The van der Waals surface area contributed by atoms with E-state index >= 15 is 0 Å². The minimum atomic E-state index is -1.24. The van der Waals surface area contributed by atoms with Crippen molar-refractivity contribution in [2.75, 3.05) is 6.54 Å². The summed E-state index contributed by atoms with van der Waals surface area (Å²) < 4.78 is 13.4. The van der Waals surface area contributed by atoms with E-state index in [0.29, 0.717) is 49.1 Å². The smallest absolute Gasteiger partial charge is 0.404 e. The van der Waals surface area contributed by atoms with Gasteiger partial charge in [0.05, 0.1) is 29.9 Å². The number of amides is 2. The first-order valence-electron chi connectivity index (χ1n) is 16.7. The number of benzene rings is 2. The zero-order valence-electron chi connectivity index (χ0n) is 27.4.